The lowest BCUT2D eigenvalue weighted by Gasteiger charge is -2.21. The van der Waals surface area contributed by atoms with Crippen molar-refractivity contribution in [1.29, 1.82) is 0 Å². The predicted molar refractivity (Wildman–Crippen MR) is 63.1 cm³/mol. The summed E-state index contributed by atoms with van der Waals surface area (Å²) in [6.45, 7) is 13.1. The zero-order valence-corrected chi connectivity index (χ0v) is 10.7. The number of ether oxygens (including phenoxy) is 1. The highest BCUT2D eigenvalue weighted by molar-refractivity contribution is 6.20. The number of alkyl halides is 1. The molecular weight excluding hydrogens is 198 g/mol. The smallest absolute Gasteiger partial charge is 0.0696 e. The molecule has 0 aromatic carbocycles. The average Bonchev–Trinajstić information content (AvgIpc) is 2.13. The lowest BCUT2D eigenvalue weighted by molar-refractivity contribution is 0.102. The molecule has 0 aliphatic carbocycles. The van der Waals surface area contributed by atoms with E-state index in [1.165, 1.54) is 0 Å². The van der Waals surface area contributed by atoms with Crippen LogP contribution >= 0.6 is 11.6 Å². The summed E-state index contributed by atoms with van der Waals surface area (Å²) in [6.07, 6.45) is 0. The number of nitrogens with zero attached hydrogens (tertiary/aromatic N) is 1. The Kier molecular flexibility index (Phi) is 8.64. The molecule has 0 heterocycles. The van der Waals surface area contributed by atoms with Crippen LogP contribution in [-0.4, -0.2) is 43.1 Å². The lowest BCUT2D eigenvalue weighted by atomic mass is 10.2. The highest BCUT2D eigenvalue weighted by Gasteiger charge is 2.09. The largest absolute Gasteiger partial charge is 0.380 e. The van der Waals surface area contributed by atoms with E-state index in [4.69, 9.17) is 16.3 Å². The second-order valence-electron chi connectivity index (χ2n) is 4.01. The van der Waals surface area contributed by atoms with Crippen molar-refractivity contribution in [2.24, 2.45) is 5.92 Å². The van der Waals surface area contributed by atoms with Crippen molar-refractivity contribution in [2.45, 2.75) is 33.1 Å². The van der Waals surface area contributed by atoms with Crippen LogP contribution in [-0.2, 0) is 4.74 Å². The van der Waals surface area contributed by atoms with Crippen LogP contribution < -0.4 is 0 Å². The summed E-state index contributed by atoms with van der Waals surface area (Å²) >= 11 is 6.15. The third kappa shape index (κ3) is 7.60. The Hall–Kier alpha value is 0.210. The van der Waals surface area contributed by atoms with Gasteiger partial charge in [0.2, 0.25) is 0 Å². The van der Waals surface area contributed by atoms with E-state index in [0.29, 0.717) is 12.5 Å². The molecule has 0 spiro atoms. The monoisotopic (exact) mass is 221 g/mol. The summed E-state index contributed by atoms with van der Waals surface area (Å²) in [5, 5.41) is 0.119. The van der Waals surface area contributed by atoms with Gasteiger partial charge in [-0.25, -0.2) is 0 Å². The molecule has 0 amide bonds. The minimum absolute atomic E-state index is 0.119. The van der Waals surface area contributed by atoms with Crippen molar-refractivity contribution < 1.29 is 4.74 Å². The average molecular weight is 222 g/mol. The van der Waals surface area contributed by atoms with Gasteiger partial charge in [0.1, 0.15) is 0 Å². The molecule has 0 aromatic heterocycles. The maximum atomic E-state index is 6.15. The van der Waals surface area contributed by atoms with Gasteiger partial charge in [-0.05, 0) is 19.0 Å². The van der Waals surface area contributed by atoms with E-state index in [2.05, 4.69) is 32.6 Å². The Morgan fingerprint density at radius 3 is 2.14 bits per heavy atom. The molecule has 3 heteroatoms. The first-order valence-corrected chi connectivity index (χ1v) is 5.97. The molecule has 86 valence electrons. The summed E-state index contributed by atoms with van der Waals surface area (Å²) in [4.78, 5) is 2.32. The third-order valence-electron chi connectivity index (χ3n) is 2.10. The second kappa shape index (κ2) is 8.51. The first-order chi connectivity index (χ1) is 6.60. The van der Waals surface area contributed by atoms with Gasteiger partial charge in [-0.1, -0.05) is 27.7 Å². The summed E-state index contributed by atoms with van der Waals surface area (Å²) in [5.74, 6) is 0.590. The van der Waals surface area contributed by atoms with Crippen LogP contribution in [0.3, 0.4) is 0 Å². The van der Waals surface area contributed by atoms with Crippen molar-refractivity contribution in [2.75, 3.05) is 32.8 Å². The van der Waals surface area contributed by atoms with Gasteiger partial charge in [0.15, 0.2) is 0 Å². The third-order valence-corrected chi connectivity index (χ3v) is 2.36. The molecule has 2 nitrogen and oxygen atoms in total. The maximum Gasteiger partial charge on any atom is 0.0696 e. The maximum absolute atomic E-state index is 6.15. The number of halogens is 1. The van der Waals surface area contributed by atoms with Crippen LogP contribution in [0.25, 0.3) is 0 Å². The number of hydrogen-bond acceptors (Lipinski definition) is 2. The van der Waals surface area contributed by atoms with Crippen molar-refractivity contribution in [1.82, 2.24) is 4.90 Å². The van der Waals surface area contributed by atoms with Crippen LogP contribution in [0.2, 0.25) is 0 Å². The molecule has 0 aliphatic heterocycles. The van der Waals surface area contributed by atoms with E-state index in [1.807, 2.05) is 0 Å². The summed E-state index contributed by atoms with van der Waals surface area (Å²) in [7, 11) is 0. The van der Waals surface area contributed by atoms with Gasteiger partial charge < -0.3 is 9.64 Å². The summed E-state index contributed by atoms with van der Waals surface area (Å²) in [6, 6.07) is 0. The number of rotatable bonds is 8. The molecule has 0 aliphatic rings. The van der Waals surface area contributed by atoms with Crippen molar-refractivity contribution in [3.05, 3.63) is 0 Å². The Bertz CT molecular complexity index is 126. The van der Waals surface area contributed by atoms with Gasteiger partial charge in [0, 0.05) is 13.2 Å². The standard InChI is InChI=1S/C11H24ClNO/c1-5-13(6-2)7-11(12)9-14-8-10(3)4/h10-11H,5-9H2,1-4H3. The van der Waals surface area contributed by atoms with Crippen molar-refractivity contribution in [3.8, 4) is 0 Å². The summed E-state index contributed by atoms with van der Waals surface area (Å²) < 4.78 is 5.49. The number of hydrogen-bond donors (Lipinski definition) is 0. The van der Waals surface area contributed by atoms with Crippen molar-refractivity contribution >= 4 is 11.6 Å². The second-order valence-corrected chi connectivity index (χ2v) is 4.63. The van der Waals surface area contributed by atoms with Crippen LogP contribution in [0.4, 0.5) is 0 Å². The first kappa shape index (κ1) is 14.2. The molecule has 1 unspecified atom stereocenters. The highest BCUT2D eigenvalue weighted by Crippen LogP contribution is 2.02. The minimum Gasteiger partial charge on any atom is -0.380 e. The molecular formula is C11H24ClNO. The molecule has 0 rings (SSSR count). The fraction of sp³-hybridized carbons (Fsp3) is 1.00. The van der Waals surface area contributed by atoms with Crippen LogP contribution in [0.1, 0.15) is 27.7 Å². The van der Waals surface area contributed by atoms with E-state index in [1.54, 1.807) is 0 Å². The SMILES string of the molecule is CCN(CC)CC(Cl)COCC(C)C. The molecule has 0 radical (unpaired) electrons. The fourth-order valence-corrected chi connectivity index (χ4v) is 1.53. The first-order valence-electron chi connectivity index (χ1n) is 5.54. The normalized spacial score (nSPS) is 13.9. The zero-order valence-electron chi connectivity index (χ0n) is 9.92. The molecule has 0 fully saturated rings. The van der Waals surface area contributed by atoms with Gasteiger partial charge in [-0.2, -0.15) is 0 Å². The fourth-order valence-electron chi connectivity index (χ4n) is 1.25. The van der Waals surface area contributed by atoms with E-state index in [0.717, 1.165) is 26.2 Å². The Balaban J connectivity index is 3.48. The molecule has 1 atom stereocenters. The Morgan fingerprint density at radius 2 is 1.71 bits per heavy atom. The van der Waals surface area contributed by atoms with Crippen LogP contribution in [0.15, 0.2) is 0 Å². The highest BCUT2D eigenvalue weighted by atomic mass is 35.5. The Labute approximate surface area is 93.6 Å². The molecule has 0 aromatic rings. The van der Waals surface area contributed by atoms with Crippen LogP contribution in [0, 0.1) is 5.92 Å². The molecule has 0 N–H and O–H groups in total. The van der Waals surface area contributed by atoms with Gasteiger partial charge in [0.25, 0.3) is 0 Å². The molecule has 14 heavy (non-hydrogen) atoms. The Morgan fingerprint density at radius 1 is 1.14 bits per heavy atom. The molecule has 0 saturated carbocycles. The van der Waals surface area contributed by atoms with Gasteiger partial charge >= 0.3 is 0 Å². The predicted octanol–water partition coefficient (Wildman–Crippen LogP) is 2.61. The van der Waals surface area contributed by atoms with E-state index >= 15 is 0 Å². The topological polar surface area (TPSA) is 12.5 Å². The molecule has 0 bridgehead atoms. The van der Waals surface area contributed by atoms with Gasteiger partial charge in [-0.3, -0.25) is 0 Å². The molecule has 0 saturated heterocycles. The van der Waals surface area contributed by atoms with E-state index in [-0.39, 0.29) is 5.38 Å². The lowest BCUT2D eigenvalue weighted by Crippen LogP contribution is -2.32. The zero-order chi connectivity index (χ0) is 11.0. The van der Waals surface area contributed by atoms with E-state index in [9.17, 15) is 0 Å². The van der Waals surface area contributed by atoms with Gasteiger partial charge in [-0.15, -0.1) is 11.6 Å². The van der Waals surface area contributed by atoms with Crippen molar-refractivity contribution in [3.63, 3.8) is 0 Å². The van der Waals surface area contributed by atoms with E-state index < -0.39 is 0 Å². The summed E-state index contributed by atoms with van der Waals surface area (Å²) in [5.41, 5.74) is 0. The van der Waals surface area contributed by atoms with Gasteiger partial charge in [0.05, 0.1) is 12.0 Å². The quantitative estimate of drug-likeness (QED) is 0.585. The minimum atomic E-state index is 0.119. The van der Waals surface area contributed by atoms with Crippen LogP contribution in [0.5, 0.6) is 0 Å².